The van der Waals surface area contributed by atoms with E-state index in [2.05, 4.69) is 28.4 Å². The SMILES string of the molecule is Cc1cc(C)nc(N2NC3=C(C(=O)C[C@@H](C)C3)[C@@H]2c2cccs2)n1. The number of hydrogen-bond donors (Lipinski definition) is 1. The summed E-state index contributed by atoms with van der Waals surface area (Å²) < 4.78 is 0. The number of anilines is 1. The van der Waals surface area contributed by atoms with Crippen molar-refractivity contribution in [3.05, 3.63) is 51.1 Å². The van der Waals surface area contributed by atoms with Gasteiger partial charge in [-0.3, -0.25) is 10.2 Å². The number of thiophene rings is 1. The zero-order chi connectivity index (χ0) is 16.8. The summed E-state index contributed by atoms with van der Waals surface area (Å²) in [4.78, 5) is 23.1. The van der Waals surface area contributed by atoms with E-state index in [9.17, 15) is 4.79 Å². The molecule has 0 saturated heterocycles. The normalized spacial score (nSPS) is 23.5. The Morgan fingerprint density at radius 1 is 1.25 bits per heavy atom. The van der Waals surface area contributed by atoms with Gasteiger partial charge in [0, 0.05) is 34.0 Å². The van der Waals surface area contributed by atoms with Crippen molar-refractivity contribution in [2.45, 2.75) is 39.7 Å². The number of Topliss-reactive ketones (excluding diaryl/α,β-unsaturated/α-hetero) is 1. The fraction of sp³-hybridized carbons (Fsp3) is 0.389. The summed E-state index contributed by atoms with van der Waals surface area (Å²) in [7, 11) is 0. The van der Waals surface area contributed by atoms with Crippen molar-refractivity contribution in [3.63, 3.8) is 0 Å². The Labute approximate surface area is 145 Å². The van der Waals surface area contributed by atoms with Gasteiger partial charge >= 0.3 is 0 Å². The van der Waals surface area contributed by atoms with Crippen LogP contribution in [0.15, 0.2) is 34.8 Å². The van der Waals surface area contributed by atoms with Crippen molar-refractivity contribution in [1.82, 2.24) is 15.4 Å². The topological polar surface area (TPSA) is 58.1 Å². The van der Waals surface area contributed by atoms with E-state index in [1.54, 1.807) is 11.3 Å². The van der Waals surface area contributed by atoms with Gasteiger partial charge in [0.1, 0.15) is 6.04 Å². The first-order chi connectivity index (χ1) is 11.5. The van der Waals surface area contributed by atoms with Crippen molar-refractivity contribution >= 4 is 23.1 Å². The summed E-state index contributed by atoms with van der Waals surface area (Å²) in [6.45, 7) is 6.06. The van der Waals surface area contributed by atoms with Crippen molar-refractivity contribution in [1.29, 1.82) is 0 Å². The molecule has 0 bridgehead atoms. The summed E-state index contributed by atoms with van der Waals surface area (Å²) in [5, 5.41) is 4.01. The zero-order valence-corrected chi connectivity index (χ0v) is 14.9. The molecule has 1 aliphatic carbocycles. The molecule has 6 heteroatoms. The van der Waals surface area contributed by atoms with Gasteiger partial charge in [-0.1, -0.05) is 13.0 Å². The van der Waals surface area contributed by atoms with Gasteiger partial charge in [-0.15, -0.1) is 11.3 Å². The second-order valence-electron chi connectivity index (χ2n) is 6.68. The molecule has 2 aliphatic rings. The van der Waals surface area contributed by atoms with Crippen LogP contribution in [0.4, 0.5) is 5.95 Å². The molecule has 0 spiro atoms. The van der Waals surface area contributed by atoms with Gasteiger partial charge in [-0.25, -0.2) is 15.0 Å². The summed E-state index contributed by atoms with van der Waals surface area (Å²) in [6, 6.07) is 5.92. The number of carbonyl (C=O) groups excluding carboxylic acids is 1. The maximum absolute atomic E-state index is 12.7. The molecule has 5 nitrogen and oxygen atoms in total. The van der Waals surface area contributed by atoms with Crippen LogP contribution in [0, 0.1) is 19.8 Å². The molecular formula is C18H20N4OS. The predicted molar refractivity (Wildman–Crippen MR) is 94.6 cm³/mol. The van der Waals surface area contributed by atoms with Crippen LogP contribution in [0.5, 0.6) is 0 Å². The van der Waals surface area contributed by atoms with Crippen LogP contribution in [-0.4, -0.2) is 15.8 Å². The lowest BCUT2D eigenvalue weighted by Gasteiger charge is -2.25. The highest BCUT2D eigenvalue weighted by Crippen LogP contribution is 2.43. The van der Waals surface area contributed by atoms with Crippen LogP contribution in [-0.2, 0) is 4.79 Å². The number of nitrogens with zero attached hydrogens (tertiary/aromatic N) is 3. The third-order valence-corrected chi connectivity index (χ3v) is 5.42. The molecule has 124 valence electrons. The average molecular weight is 340 g/mol. The largest absolute Gasteiger partial charge is 0.299 e. The molecule has 2 aromatic heterocycles. The first kappa shape index (κ1) is 15.3. The Kier molecular flexibility index (Phi) is 3.64. The highest BCUT2D eigenvalue weighted by atomic mass is 32.1. The molecule has 0 fully saturated rings. The Hall–Kier alpha value is -2.21. The summed E-state index contributed by atoms with van der Waals surface area (Å²) in [6.07, 6.45) is 1.51. The molecule has 0 aromatic carbocycles. The third-order valence-electron chi connectivity index (χ3n) is 4.50. The molecule has 2 aromatic rings. The lowest BCUT2D eigenvalue weighted by atomic mass is 9.85. The fourth-order valence-corrected chi connectivity index (χ4v) is 4.41. The number of carbonyl (C=O) groups is 1. The molecule has 0 radical (unpaired) electrons. The molecule has 3 heterocycles. The van der Waals surface area contributed by atoms with Crippen LogP contribution in [0.2, 0.25) is 0 Å². The van der Waals surface area contributed by atoms with E-state index in [0.29, 0.717) is 18.3 Å². The van der Waals surface area contributed by atoms with E-state index in [-0.39, 0.29) is 11.8 Å². The smallest absolute Gasteiger partial charge is 0.245 e. The van der Waals surface area contributed by atoms with Crippen molar-refractivity contribution in [3.8, 4) is 0 Å². The van der Waals surface area contributed by atoms with E-state index in [1.807, 2.05) is 36.4 Å². The average Bonchev–Trinajstić information content (AvgIpc) is 3.12. The van der Waals surface area contributed by atoms with Gasteiger partial charge in [0.25, 0.3) is 0 Å². The molecule has 1 aliphatic heterocycles. The molecule has 2 atom stereocenters. The Balaban J connectivity index is 1.82. The second kappa shape index (κ2) is 5.70. The van der Waals surface area contributed by atoms with Crippen LogP contribution < -0.4 is 10.4 Å². The Morgan fingerprint density at radius 3 is 2.67 bits per heavy atom. The minimum Gasteiger partial charge on any atom is -0.299 e. The van der Waals surface area contributed by atoms with E-state index in [4.69, 9.17) is 0 Å². The van der Waals surface area contributed by atoms with Gasteiger partial charge in [-0.05, 0) is 43.7 Å². The second-order valence-corrected chi connectivity index (χ2v) is 7.66. The zero-order valence-electron chi connectivity index (χ0n) is 14.0. The van der Waals surface area contributed by atoms with E-state index in [1.165, 1.54) is 0 Å². The molecule has 0 unspecified atom stereocenters. The highest BCUT2D eigenvalue weighted by Gasteiger charge is 2.42. The molecular weight excluding hydrogens is 320 g/mol. The van der Waals surface area contributed by atoms with Crippen LogP contribution in [0.25, 0.3) is 0 Å². The number of rotatable bonds is 2. The number of aromatic nitrogens is 2. The number of hydrazine groups is 1. The summed E-state index contributed by atoms with van der Waals surface area (Å²) in [5.41, 5.74) is 7.20. The first-order valence-electron chi connectivity index (χ1n) is 8.20. The fourth-order valence-electron chi connectivity index (χ4n) is 3.58. The third kappa shape index (κ3) is 2.51. The molecule has 0 saturated carbocycles. The number of nitrogens with one attached hydrogen (secondary N) is 1. The van der Waals surface area contributed by atoms with Gasteiger partial charge in [0.05, 0.1) is 0 Å². The standard InChI is InChI=1S/C18H20N4OS/c1-10-7-13-16(14(23)8-10)17(15-5-4-6-24-15)22(21-13)18-19-11(2)9-12(3)20-18/h4-6,9-10,17,21H,7-8H2,1-3H3/t10-,17-/m0/s1. The number of ketones is 1. The van der Waals surface area contributed by atoms with Crippen molar-refractivity contribution in [2.24, 2.45) is 5.92 Å². The number of aryl methyl sites for hydroxylation is 2. The lowest BCUT2D eigenvalue weighted by molar-refractivity contribution is -0.117. The van der Waals surface area contributed by atoms with E-state index >= 15 is 0 Å². The minimum atomic E-state index is -0.138. The number of allylic oxidation sites excluding steroid dienone is 1. The van der Waals surface area contributed by atoms with Gasteiger partial charge in [0.15, 0.2) is 5.78 Å². The highest BCUT2D eigenvalue weighted by molar-refractivity contribution is 7.10. The van der Waals surface area contributed by atoms with Gasteiger partial charge in [0.2, 0.25) is 5.95 Å². The molecule has 0 amide bonds. The van der Waals surface area contributed by atoms with E-state index < -0.39 is 0 Å². The van der Waals surface area contributed by atoms with Gasteiger partial charge < -0.3 is 0 Å². The maximum atomic E-state index is 12.7. The summed E-state index contributed by atoms with van der Waals surface area (Å²) in [5.74, 6) is 1.23. The van der Waals surface area contributed by atoms with Crippen LogP contribution in [0.1, 0.15) is 42.1 Å². The quantitative estimate of drug-likeness (QED) is 0.907. The molecule has 24 heavy (non-hydrogen) atoms. The number of hydrogen-bond acceptors (Lipinski definition) is 6. The monoisotopic (exact) mass is 340 g/mol. The van der Waals surface area contributed by atoms with Crippen molar-refractivity contribution in [2.75, 3.05) is 5.01 Å². The first-order valence-corrected chi connectivity index (χ1v) is 9.08. The lowest BCUT2D eigenvalue weighted by Crippen LogP contribution is -2.36. The Morgan fingerprint density at radius 2 is 2.00 bits per heavy atom. The van der Waals surface area contributed by atoms with Crippen LogP contribution >= 0.6 is 11.3 Å². The van der Waals surface area contributed by atoms with Crippen molar-refractivity contribution < 1.29 is 4.79 Å². The van der Waals surface area contributed by atoms with Gasteiger partial charge in [-0.2, -0.15) is 0 Å². The molecule has 1 N–H and O–H groups in total. The maximum Gasteiger partial charge on any atom is 0.245 e. The Bertz CT molecular complexity index is 807. The molecule has 4 rings (SSSR count). The van der Waals surface area contributed by atoms with E-state index in [0.717, 1.165) is 34.0 Å². The minimum absolute atomic E-state index is 0.138. The van der Waals surface area contributed by atoms with Crippen LogP contribution in [0.3, 0.4) is 0 Å². The summed E-state index contributed by atoms with van der Waals surface area (Å²) >= 11 is 1.66. The predicted octanol–water partition coefficient (Wildman–Crippen LogP) is 3.47.